The van der Waals surface area contributed by atoms with Crippen LogP contribution in [0.5, 0.6) is 0 Å². The van der Waals surface area contributed by atoms with Crippen LogP contribution in [0.15, 0.2) is 0 Å². The summed E-state index contributed by atoms with van der Waals surface area (Å²) < 4.78 is 10.2. The highest BCUT2D eigenvalue weighted by atomic mass is 16.5. The fourth-order valence-corrected chi connectivity index (χ4v) is 0.989. The Balaban J connectivity index is 2.23. The summed E-state index contributed by atoms with van der Waals surface area (Å²) in [5.74, 6) is 0. The van der Waals surface area contributed by atoms with Crippen molar-refractivity contribution in [3.05, 3.63) is 0 Å². The third-order valence-electron chi connectivity index (χ3n) is 1.53. The lowest BCUT2D eigenvalue weighted by Crippen LogP contribution is -2.39. The Morgan fingerprint density at radius 3 is 2.78 bits per heavy atom. The fraction of sp³-hybridized carbons (Fsp3) is 1.00. The Morgan fingerprint density at radius 2 is 2.33 bits per heavy atom. The van der Waals surface area contributed by atoms with Gasteiger partial charge in [0.25, 0.3) is 0 Å². The highest BCUT2D eigenvalue weighted by molar-refractivity contribution is 4.72. The van der Waals surface area contributed by atoms with E-state index in [2.05, 4.69) is 0 Å². The molecule has 2 atom stereocenters. The molecule has 0 aliphatic carbocycles. The Labute approximate surface area is 55.1 Å². The van der Waals surface area contributed by atoms with Gasteiger partial charge < -0.3 is 15.2 Å². The summed E-state index contributed by atoms with van der Waals surface area (Å²) in [5, 5.41) is 0. The molecule has 3 nitrogen and oxygen atoms in total. The first-order chi connectivity index (χ1) is 4.33. The first-order valence-corrected chi connectivity index (χ1v) is 3.19. The van der Waals surface area contributed by atoms with Gasteiger partial charge in [0.1, 0.15) is 0 Å². The average molecular weight is 131 g/mol. The Hall–Kier alpha value is -0.120. The molecule has 0 radical (unpaired) electrons. The molecule has 0 aromatic carbocycles. The molecule has 1 rings (SSSR count). The molecule has 9 heavy (non-hydrogen) atoms. The fourth-order valence-electron chi connectivity index (χ4n) is 0.989. The van der Waals surface area contributed by atoms with Gasteiger partial charge in [0.05, 0.1) is 19.3 Å². The zero-order valence-corrected chi connectivity index (χ0v) is 5.67. The molecule has 0 spiro atoms. The molecule has 0 saturated carbocycles. The molecule has 1 aliphatic heterocycles. The molecule has 1 fully saturated rings. The van der Waals surface area contributed by atoms with Crippen molar-refractivity contribution >= 4 is 0 Å². The van der Waals surface area contributed by atoms with Crippen LogP contribution in [0.25, 0.3) is 0 Å². The lowest BCUT2D eigenvalue weighted by molar-refractivity contribution is -0.0377. The number of nitrogens with two attached hydrogens (primary N) is 1. The summed E-state index contributed by atoms with van der Waals surface area (Å²) >= 11 is 0. The van der Waals surface area contributed by atoms with Crippen molar-refractivity contribution in [1.29, 1.82) is 0 Å². The summed E-state index contributed by atoms with van der Waals surface area (Å²) in [7, 11) is 1.69. The smallest absolute Gasteiger partial charge is 0.0820 e. The van der Waals surface area contributed by atoms with Crippen molar-refractivity contribution in [2.45, 2.75) is 18.6 Å². The summed E-state index contributed by atoms with van der Waals surface area (Å²) in [4.78, 5) is 0. The van der Waals surface area contributed by atoms with Crippen LogP contribution >= 0.6 is 0 Å². The van der Waals surface area contributed by atoms with Crippen LogP contribution in [0.1, 0.15) is 6.42 Å². The molecule has 0 amide bonds. The molecule has 54 valence electrons. The molecule has 1 saturated heterocycles. The van der Waals surface area contributed by atoms with Gasteiger partial charge in [-0.3, -0.25) is 0 Å². The van der Waals surface area contributed by atoms with Gasteiger partial charge in [0.15, 0.2) is 0 Å². The van der Waals surface area contributed by atoms with Crippen LogP contribution in [-0.2, 0) is 9.47 Å². The second kappa shape index (κ2) is 3.15. The number of rotatable bonds is 1. The van der Waals surface area contributed by atoms with Gasteiger partial charge in [-0.05, 0) is 6.42 Å². The quantitative estimate of drug-likeness (QED) is 0.533. The van der Waals surface area contributed by atoms with Gasteiger partial charge in [0, 0.05) is 13.2 Å². The number of ether oxygens (including phenoxy) is 2. The molecular weight excluding hydrogens is 118 g/mol. The van der Waals surface area contributed by atoms with Crippen molar-refractivity contribution in [3.63, 3.8) is 0 Å². The average Bonchev–Trinajstić information content (AvgIpc) is 1.88. The zero-order valence-electron chi connectivity index (χ0n) is 5.67. The van der Waals surface area contributed by atoms with Crippen molar-refractivity contribution in [1.82, 2.24) is 0 Å². The van der Waals surface area contributed by atoms with Crippen molar-refractivity contribution in [2.24, 2.45) is 5.73 Å². The maximum Gasteiger partial charge on any atom is 0.0820 e. The van der Waals surface area contributed by atoms with Gasteiger partial charge in [-0.25, -0.2) is 0 Å². The Bertz CT molecular complexity index is 87.1. The van der Waals surface area contributed by atoms with E-state index >= 15 is 0 Å². The Kier molecular flexibility index (Phi) is 2.45. The minimum Gasteiger partial charge on any atom is -0.379 e. The lowest BCUT2D eigenvalue weighted by Gasteiger charge is -2.25. The van der Waals surface area contributed by atoms with E-state index in [1.807, 2.05) is 0 Å². The molecule has 0 unspecified atom stereocenters. The van der Waals surface area contributed by atoms with Crippen LogP contribution in [0, 0.1) is 0 Å². The number of hydrogen-bond acceptors (Lipinski definition) is 3. The van der Waals surface area contributed by atoms with Gasteiger partial charge in [-0.2, -0.15) is 0 Å². The normalized spacial score (nSPS) is 36.7. The van der Waals surface area contributed by atoms with E-state index in [9.17, 15) is 0 Å². The summed E-state index contributed by atoms with van der Waals surface area (Å²) in [6.45, 7) is 1.38. The van der Waals surface area contributed by atoms with Crippen molar-refractivity contribution in [2.75, 3.05) is 20.3 Å². The van der Waals surface area contributed by atoms with Crippen LogP contribution in [0.3, 0.4) is 0 Å². The molecule has 0 aromatic rings. The standard InChI is InChI=1S/C6H13NO2/c1-8-6-2-5(7)3-9-4-6/h5-6H,2-4,7H2,1H3/t5-,6+/m1/s1. The van der Waals surface area contributed by atoms with Crippen molar-refractivity contribution < 1.29 is 9.47 Å². The third kappa shape index (κ3) is 1.93. The van der Waals surface area contributed by atoms with E-state index in [1.54, 1.807) is 7.11 Å². The molecule has 1 aliphatic rings. The first-order valence-electron chi connectivity index (χ1n) is 3.19. The summed E-state index contributed by atoms with van der Waals surface area (Å²) in [6, 6.07) is 0.170. The summed E-state index contributed by atoms with van der Waals surface area (Å²) in [5.41, 5.74) is 5.60. The lowest BCUT2D eigenvalue weighted by atomic mass is 10.1. The monoisotopic (exact) mass is 131 g/mol. The second-order valence-electron chi connectivity index (χ2n) is 2.39. The molecule has 2 N–H and O–H groups in total. The van der Waals surface area contributed by atoms with Gasteiger partial charge in [-0.15, -0.1) is 0 Å². The van der Waals surface area contributed by atoms with E-state index in [0.29, 0.717) is 13.2 Å². The van der Waals surface area contributed by atoms with Crippen molar-refractivity contribution in [3.8, 4) is 0 Å². The van der Waals surface area contributed by atoms with Gasteiger partial charge in [0.2, 0.25) is 0 Å². The zero-order chi connectivity index (χ0) is 6.69. The Morgan fingerprint density at radius 1 is 1.56 bits per heavy atom. The minimum atomic E-state index is 0.170. The molecule has 0 aromatic heterocycles. The van der Waals surface area contributed by atoms with E-state index in [-0.39, 0.29) is 12.1 Å². The number of methoxy groups -OCH3 is 1. The van der Waals surface area contributed by atoms with Crippen LogP contribution in [-0.4, -0.2) is 32.5 Å². The van der Waals surface area contributed by atoms with E-state index in [1.165, 1.54) is 0 Å². The number of hydrogen-bond donors (Lipinski definition) is 1. The SMILES string of the molecule is CO[C@@H]1COC[C@H](N)C1. The predicted octanol–water partition coefficient (Wildman–Crippen LogP) is -0.251. The predicted molar refractivity (Wildman–Crippen MR) is 34.2 cm³/mol. The third-order valence-corrected chi connectivity index (χ3v) is 1.53. The van der Waals surface area contributed by atoms with Gasteiger partial charge >= 0.3 is 0 Å². The highest BCUT2D eigenvalue weighted by Crippen LogP contribution is 2.07. The maximum absolute atomic E-state index is 5.60. The molecule has 0 bridgehead atoms. The molecule has 1 heterocycles. The van der Waals surface area contributed by atoms with Gasteiger partial charge in [-0.1, -0.05) is 0 Å². The minimum absolute atomic E-state index is 0.170. The summed E-state index contributed by atoms with van der Waals surface area (Å²) in [6.07, 6.45) is 1.14. The first kappa shape index (κ1) is 6.99. The largest absolute Gasteiger partial charge is 0.379 e. The maximum atomic E-state index is 5.60. The topological polar surface area (TPSA) is 44.5 Å². The van der Waals surface area contributed by atoms with E-state index in [4.69, 9.17) is 15.2 Å². The second-order valence-corrected chi connectivity index (χ2v) is 2.39. The molecular formula is C6H13NO2. The van der Waals surface area contributed by atoms with Crippen LogP contribution in [0.4, 0.5) is 0 Å². The van der Waals surface area contributed by atoms with E-state index in [0.717, 1.165) is 6.42 Å². The van der Waals surface area contributed by atoms with E-state index < -0.39 is 0 Å². The van der Waals surface area contributed by atoms with Crippen LogP contribution < -0.4 is 5.73 Å². The van der Waals surface area contributed by atoms with Crippen LogP contribution in [0.2, 0.25) is 0 Å². The molecule has 3 heteroatoms. The highest BCUT2D eigenvalue weighted by Gasteiger charge is 2.18.